The highest BCUT2D eigenvalue weighted by molar-refractivity contribution is 9.10. The molecule has 4 heteroatoms. The number of hydrogen-bond donors (Lipinski definition) is 0. The zero-order valence-corrected chi connectivity index (χ0v) is 9.59. The fraction of sp³-hybridized carbons (Fsp3) is 0.364. The quantitative estimate of drug-likeness (QED) is 0.786. The van der Waals surface area contributed by atoms with E-state index in [1.54, 1.807) is 12.1 Å². The summed E-state index contributed by atoms with van der Waals surface area (Å²) in [5, 5.41) is 0. The highest BCUT2D eigenvalue weighted by Gasteiger charge is 2.22. The van der Waals surface area contributed by atoms with Crippen molar-refractivity contribution in [3.63, 3.8) is 0 Å². The molecule has 1 fully saturated rings. The van der Waals surface area contributed by atoms with Gasteiger partial charge in [-0.15, -0.1) is 0 Å². The van der Waals surface area contributed by atoms with Crippen LogP contribution in [-0.4, -0.2) is 12.4 Å². The number of carbonyl (C=O) groups excluding carboxylic acids is 1. The summed E-state index contributed by atoms with van der Waals surface area (Å²) < 4.78 is 18.9. The van der Waals surface area contributed by atoms with Crippen LogP contribution in [0.5, 0.6) is 0 Å². The fourth-order valence-corrected chi connectivity index (χ4v) is 2.01. The zero-order chi connectivity index (χ0) is 10.8. The maximum atomic E-state index is 13.0. The number of ketones is 1. The van der Waals surface area contributed by atoms with Gasteiger partial charge in [0.1, 0.15) is 11.6 Å². The number of hydrogen-bond acceptors (Lipinski definition) is 2. The van der Waals surface area contributed by atoms with Gasteiger partial charge in [-0.1, -0.05) is 6.07 Å². The molecule has 1 aromatic carbocycles. The summed E-state index contributed by atoms with van der Waals surface area (Å²) >= 11 is 3.11. The van der Waals surface area contributed by atoms with E-state index in [0.29, 0.717) is 23.9 Å². The maximum absolute atomic E-state index is 13.0. The molecule has 1 aliphatic heterocycles. The molecular weight excluding hydrogens is 263 g/mol. The van der Waals surface area contributed by atoms with Crippen molar-refractivity contribution in [2.24, 2.45) is 0 Å². The van der Waals surface area contributed by atoms with Crippen molar-refractivity contribution in [3.05, 3.63) is 34.1 Å². The molecule has 0 N–H and O–H groups in total. The SMILES string of the molecule is O=C1CCOC(c2ccc(F)c(Br)c2)C1. The zero-order valence-electron chi connectivity index (χ0n) is 8.00. The molecule has 0 amide bonds. The second kappa shape index (κ2) is 4.41. The third-order valence-corrected chi connectivity index (χ3v) is 3.04. The van der Waals surface area contributed by atoms with Crippen molar-refractivity contribution >= 4 is 21.7 Å². The van der Waals surface area contributed by atoms with Crippen LogP contribution in [0.25, 0.3) is 0 Å². The van der Waals surface area contributed by atoms with Crippen LogP contribution in [-0.2, 0) is 9.53 Å². The van der Waals surface area contributed by atoms with Gasteiger partial charge in [-0.05, 0) is 33.6 Å². The van der Waals surface area contributed by atoms with Crippen molar-refractivity contribution < 1.29 is 13.9 Å². The molecule has 1 unspecified atom stereocenters. The third kappa shape index (κ3) is 2.44. The monoisotopic (exact) mass is 272 g/mol. The van der Waals surface area contributed by atoms with E-state index in [2.05, 4.69) is 15.9 Å². The van der Waals surface area contributed by atoms with Crippen LogP contribution in [0.3, 0.4) is 0 Å². The largest absolute Gasteiger partial charge is 0.373 e. The number of halogens is 2. The second-order valence-electron chi connectivity index (χ2n) is 3.53. The summed E-state index contributed by atoms with van der Waals surface area (Å²) in [6.45, 7) is 0.457. The molecule has 1 aliphatic rings. The Hall–Kier alpha value is -0.740. The molecule has 0 aromatic heterocycles. The van der Waals surface area contributed by atoms with E-state index in [1.807, 2.05) is 0 Å². The Bertz CT molecular complexity index is 392. The topological polar surface area (TPSA) is 26.3 Å². The Morgan fingerprint density at radius 3 is 2.93 bits per heavy atom. The van der Waals surface area contributed by atoms with Crippen molar-refractivity contribution in [2.75, 3.05) is 6.61 Å². The Morgan fingerprint density at radius 2 is 2.27 bits per heavy atom. The van der Waals surface area contributed by atoms with Gasteiger partial charge in [-0.2, -0.15) is 0 Å². The summed E-state index contributed by atoms with van der Waals surface area (Å²) in [4.78, 5) is 11.2. The van der Waals surface area contributed by atoms with E-state index < -0.39 is 0 Å². The normalized spacial score (nSPS) is 21.7. The summed E-state index contributed by atoms with van der Waals surface area (Å²) in [5.74, 6) is -0.104. The van der Waals surface area contributed by atoms with Crippen molar-refractivity contribution in [1.29, 1.82) is 0 Å². The van der Waals surface area contributed by atoms with Crippen LogP contribution < -0.4 is 0 Å². The summed E-state index contributed by atoms with van der Waals surface area (Å²) in [6, 6.07) is 4.70. The van der Waals surface area contributed by atoms with Crippen molar-refractivity contribution in [3.8, 4) is 0 Å². The van der Waals surface area contributed by atoms with Gasteiger partial charge in [-0.25, -0.2) is 4.39 Å². The number of benzene rings is 1. The average molecular weight is 273 g/mol. The second-order valence-corrected chi connectivity index (χ2v) is 4.38. The lowest BCUT2D eigenvalue weighted by molar-refractivity contribution is -0.128. The molecule has 1 aromatic rings. The fourth-order valence-electron chi connectivity index (χ4n) is 1.61. The highest BCUT2D eigenvalue weighted by Crippen LogP contribution is 2.28. The molecule has 0 aliphatic carbocycles. The summed E-state index contributed by atoms with van der Waals surface area (Å²) in [6.07, 6.45) is 0.653. The highest BCUT2D eigenvalue weighted by atomic mass is 79.9. The van der Waals surface area contributed by atoms with Gasteiger partial charge in [0, 0.05) is 12.8 Å². The molecule has 2 rings (SSSR count). The van der Waals surface area contributed by atoms with Gasteiger partial charge in [0.2, 0.25) is 0 Å². The lowest BCUT2D eigenvalue weighted by Crippen LogP contribution is -2.19. The smallest absolute Gasteiger partial charge is 0.138 e. The van der Waals surface area contributed by atoms with Gasteiger partial charge in [0.25, 0.3) is 0 Å². The van der Waals surface area contributed by atoms with Gasteiger partial charge in [0.05, 0.1) is 17.2 Å². The van der Waals surface area contributed by atoms with Gasteiger partial charge in [0.15, 0.2) is 0 Å². The first-order chi connectivity index (χ1) is 7.16. The third-order valence-electron chi connectivity index (χ3n) is 2.43. The molecule has 0 bridgehead atoms. The lowest BCUT2D eigenvalue weighted by Gasteiger charge is -2.22. The first kappa shape index (κ1) is 10.8. The molecule has 1 atom stereocenters. The van der Waals surface area contributed by atoms with Crippen LogP contribution >= 0.6 is 15.9 Å². The molecule has 0 spiro atoms. The molecule has 0 saturated carbocycles. The molecular formula is C11H10BrFO2. The van der Waals surface area contributed by atoms with Crippen LogP contribution in [0, 0.1) is 5.82 Å². The van der Waals surface area contributed by atoms with E-state index in [0.717, 1.165) is 5.56 Å². The van der Waals surface area contributed by atoms with E-state index in [4.69, 9.17) is 4.74 Å². The van der Waals surface area contributed by atoms with Crippen LogP contribution in [0.15, 0.2) is 22.7 Å². The first-order valence-electron chi connectivity index (χ1n) is 4.75. The summed E-state index contributed by atoms with van der Waals surface area (Å²) in [7, 11) is 0. The van der Waals surface area contributed by atoms with Gasteiger partial charge >= 0.3 is 0 Å². The molecule has 1 saturated heterocycles. The maximum Gasteiger partial charge on any atom is 0.138 e. The van der Waals surface area contributed by atoms with Crippen molar-refractivity contribution in [2.45, 2.75) is 18.9 Å². The van der Waals surface area contributed by atoms with E-state index in [1.165, 1.54) is 6.07 Å². The first-order valence-corrected chi connectivity index (χ1v) is 5.54. The molecule has 15 heavy (non-hydrogen) atoms. The van der Waals surface area contributed by atoms with E-state index in [-0.39, 0.29) is 17.7 Å². The number of Topliss-reactive ketones (excluding diaryl/α,β-unsaturated/α-hetero) is 1. The number of carbonyl (C=O) groups is 1. The minimum atomic E-state index is -0.305. The molecule has 0 radical (unpaired) electrons. The predicted octanol–water partition coefficient (Wildman–Crippen LogP) is 3.01. The molecule has 80 valence electrons. The minimum absolute atomic E-state index is 0.201. The van der Waals surface area contributed by atoms with Crippen LogP contribution in [0.4, 0.5) is 4.39 Å². The average Bonchev–Trinajstić information content (AvgIpc) is 2.22. The standard InChI is InChI=1S/C11H10BrFO2/c12-9-5-7(1-2-10(9)13)11-6-8(14)3-4-15-11/h1-2,5,11H,3-4,6H2. The Labute approximate surface area is 95.6 Å². The number of rotatable bonds is 1. The van der Waals surface area contributed by atoms with Crippen LogP contribution in [0.1, 0.15) is 24.5 Å². The Kier molecular flexibility index (Phi) is 3.17. The van der Waals surface area contributed by atoms with E-state index in [9.17, 15) is 9.18 Å². The minimum Gasteiger partial charge on any atom is -0.373 e. The van der Waals surface area contributed by atoms with Gasteiger partial charge in [-0.3, -0.25) is 4.79 Å². The Balaban J connectivity index is 2.21. The van der Waals surface area contributed by atoms with E-state index >= 15 is 0 Å². The molecule has 1 heterocycles. The lowest BCUT2D eigenvalue weighted by atomic mass is 10.0. The molecule has 2 nitrogen and oxygen atoms in total. The van der Waals surface area contributed by atoms with Gasteiger partial charge < -0.3 is 4.74 Å². The van der Waals surface area contributed by atoms with Crippen molar-refractivity contribution in [1.82, 2.24) is 0 Å². The number of ether oxygens (including phenoxy) is 1. The van der Waals surface area contributed by atoms with Crippen LogP contribution in [0.2, 0.25) is 0 Å². The Morgan fingerprint density at radius 1 is 1.47 bits per heavy atom. The summed E-state index contributed by atoms with van der Waals surface area (Å²) in [5.41, 5.74) is 0.844. The predicted molar refractivity (Wildman–Crippen MR) is 57.0 cm³/mol.